The van der Waals surface area contributed by atoms with Gasteiger partial charge in [0.2, 0.25) is 5.91 Å². The molecule has 2 aromatic rings. The molecular weight excluding hydrogens is 370 g/mol. The molecular formula is C22H27N3O2S. The molecule has 1 aromatic carbocycles. The molecule has 2 saturated carbocycles. The van der Waals surface area contributed by atoms with Crippen molar-refractivity contribution in [2.75, 3.05) is 5.75 Å². The molecule has 0 radical (unpaired) electrons. The van der Waals surface area contributed by atoms with E-state index >= 15 is 0 Å². The molecule has 6 heteroatoms. The first kappa shape index (κ1) is 19.2. The van der Waals surface area contributed by atoms with E-state index in [0.29, 0.717) is 28.3 Å². The third-order valence-electron chi connectivity index (χ3n) is 5.66. The molecule has 2 amide bonds. The van der Waals surface area contributed by atoms with E-state index in [2.05, 4.69) is 22.5 Å². The molecule has 2 atom stereocenters. The topological polar surface area (TPSA) is 71.1 Å². The van der Waals surface area contributed by atoms with Crippen molar-refractivity contribution in [1.29, 1.82) is 0 Å². The van der Waals surface area contributed by atoms with Gasteiger partial charge in [-0.15, -0.1) is 0 Å². The Kier molecular flexibility index (Phi) is 5.85. The predicted molar refractivity (Wildman–Crippen MR) is 113 cm³/mol. The molecule has 0 saturated heterocycles. The summed E-state index contributed by atoms with van der Waals surface area (Å²) in [5, 5.41) is 7.81. The van der Waals surface area contributed by atoms with E-state index in [9.17, 15) is 9.59 Å². The Labute approximate surface area is 170 Å². The zero-order chi connectivity index (χ0) is 19.5. The van der Waals surface area contributed by atoms with Crippen LogP contribution in [0.1, 0.15) is 55.8 Å². The second kappa shape index (κ2) is 8.52. The van der Waals surface area contributed by atoms with Crippen molar-refractivity contribution in [3.63, 3.8) is 0 Å². The second-order valence-corrected chi connectivity index (χ2v) is 8.99. The van der Waals surface area contributed by atoms with E-state index in [0.717, 1.165) is 30.2 Å². The first-order valence-corrected chi connectivity index (χ1v) is 11.2. The number of carbonyl (C=O) groups is 2. The third kappa shape index (κ3) is 4.66. The number of nitrogens with zero attached hydrogens (tertiary/aromatic N) is 1. The molecule has 1 aromatic heterocycles. The van der Waals surface area contributed by atoms with E-state index in [-0.39, 0.29) is 17.9 Å². The van der Waals surface area contributed by atoms with Gasteiger partial charge in [-0.25, -0.2) is 4.98 Å². The molecule has 4 rings (SSSR count). The smallest absolute Gasteiger partial charge is 0.252 e. The Balaban J connectivity index is 1.45. The van der Waals surface area contributed by atoms with Crippen LogP contribution in [0.5, 0.6) is 0 Å². The predicted octanol–water partition coefficient (Wildman–Crippen LogP) is 3.91. The number of pyridine rings is 1. The van der Waals surface area contributed by atoms with E-state index < -0.39 is 0 Å². The molecule has 0 bridgehead atoms. The molecule has 0 spiro atoms. The maximum Gasteiger partial charge on any atom is 0.252 e. The van der Waals surface area contributed by atoms with Crippen LogP contribution in [-0.2, 0) is 4.79 Å². The van der Waals surface area contributed by atoms with E-state index in [4.69, 9.17) is 0 Å². The highest BCUT2D eigenvalue weighted by Crippen LogP contribution is 2.27. The third-order valence-corrected chi connectivity index (χ3v) is 6.57. The number of nitrogens with one attached hydrogen (secondary N) is 2. The summed E-state index contributed by atoms with van der Waals surface area (Å²) in [6, 6.07) is 10.1. The number of benzene rings is 1. The highest BCUT2D eigenvalue weighted by atomic mass is 32.2. The number of hydrogen-bond acceptors (Lipinski definition) is 4. The summed E-state index contributed by atoms with van der Waals surface area (Å²) in [4.78, 5) is 29.7. The number of aromatic nitrogens is 1. The minimum absolute atomic E-state index is 0.0442. The number of carbonyl (C=O) groups excluding carboxylic acids is 2. The Morgan fingerprint density at radius 1 is 1.11 bits per heavy atom. The van der Waals surface area contributed by atoms with Crippen molar-refractivity contribution >= 4 is 34.5 Å². The van der Waals surface area contributed by atoms with Gasteiger partial charge in [-0.2, -0.15) is 0 Å². The Morgan fingerprint density at radius 3 is 2.68 bits per heavy atom. The van der Waals surface area contributed by atoms with Crippen molar-refractivity contribution in [3.05, 3.63) is 35.9 Å². The molecule has 2 unspecified atom stereocenters. The van der Waals surface area contributed by atoms with Crippen molar-refractivity contribution in [1.82, 2.24) is 15.6 Å². The van der Waals surface area contributed by atoms with Crippen molar-refractivity contribution in [2.45, 2.75) is 62.6 Å². The summed E-state index contributed by atoms with van der Waals surface area (Å²) < 4.78 is 0. The number of amides is 2. The fourth-order valence-electron chi connectivity index (χ4n) is 3.82. The molecule has 0 aliphatic heterocycles. The van der Waals surface area contributed by atoms with Gasteiger partial charge in [-0.05, 0) is 43.7 Å². The largest absolute Gasteiger partial charge is 0.352 e. The summed E-state index contributed by atoms with van der Waals surface area (Å²) in [7, 11) is 0. The lowest BCUT2D eigenvalue weighted by molar-refractivity contribution is -0.119. The lowest BCUT2D eigenvalue weighted by Crippen LogP contribution is -2.41. The molecule has 1 heterocycles. The Hall–Kier alpha value is -2.08. The lowest BCUT2D eigenvalue weighted by atomic mass is 9.86. The van der Waals surface area contributed by atoms with Crippen LogP contribution in [0, 0.1) is 5.92 Å². The summed E-state index contributed by atoms with van der Waals surface area (Å²) >= 11 is 1.40. The Bertz CT molecular complexity index is 881. The molecule has 2 aliphatic carbocycles. The first-order valence-electron chi connectivity index (χ1n) is 10.2. The molecule has 148 valence electrons. The molecule has 2 N–H and O–H groups in total. The normalized spacial score (nSPS) is 22.0. The van der Waals surface area contributed by atoms with Gasteiger partial charge >= 0.3 is 0 Å². The summed E-state index contributed by atoms with van der Waals surface area (Å²) in [6.07, 6.45) is 6.80. The number of rotatable bonds is 6. The van der Waals surface area contributed by atoms with Crippen molar-refractivity contribution in [3.8, 4) is 0 Å². The summed E-state index contributed by atoms with van der Waals surface area (Å²) in [5.74, 6) is 0.850. The SMILES string of the molecule is CC1CCCCC1NC(=O)CSc1cc(C(=O)NC2CC2)c2ccccc2n1. The maximum atomic E-state index is 12.7. The van der Waals surface area contributed by atoms with Crippen molar-refractivity contribution in [2.24, 2.45) is 5.92 Å². The van der Waals surface area contributed by atoms with E-state index in [1.54, 1.807) is 0 Å². The minimum atomic E-state index is -0.0524. The second-order valence-electron chi connectivity index (χ2n) is 8.00. The van der Waals surface area contributed by atoms with E-state index in [1.807, 2.05) is 30.3 Å². The van der Waals surface area contributed by atoms with Crippen LogP contribution < -0.4 is 10.6 Å². The summed E-state index contributed by atoms with van der Waals surface area (Å²) in [6.45, 7) is 2.22. The standard InChI is InChI=1S/C22H27N3O2S/c1-14-6-2-4-8-18(14)24-20(26)13-28-21-12-17(22(27)23-15-10-11-15)16-7-3-5-9-19(16)25-21/h3,5,7,9,12,14-15,18H,2,4,6,8,10-11,13H2,1H3,(H,23,27)(H,24,26). The maximum absolute atomic E-state index is 12.7. The minimum Gasteiger partial charge on any atom is -0.352 e. The van der Waals surface area contributed by atoms with Crippen LogP contribution in [0.15, 0.2) is 35.4 Å². The van der Waals surface area contributed by atoms with Gasteiger partial charge in [0.15, 0.2) is 0 Å². The van der Waals surface area contributed by atoms with E-state index in [1.165, 1.54) is 31.0 Å². The average Bonchev–Trinajstić information content (AvgIpc) is 3.51. The van der Waals surface area contributed by atoms with Crippen LogP contribution in [0.2, 0.25) is 0 Å². The van der Waals surface area contributed by atoms with Crippen LogP contribution in [0.4, 0.5) is 0 Å². The molecule has 2 fully saturated rings. The molecule has 2 aliphatic rings. The van der Waals surface area contributed by atoms with Crippen molar-refractivity contribution < 1.29 is 9.59 Å². The first-order chi connectivity index (χ1) is 13.6. The number of fused-ring (bicyclic) bond motifs is 1. The quantitative estimate of drug-likeness (QED) is 0.725. The summed E-state index contributed by atoms with van der Waals surface area (Å²) in [5.41, 5.74) is 1.43. The number of thioether (sulfide) groups is 1. The van der Waals surface area contributed by atoms with Gasteiger partial charge in [0.25, 0.3) is 5.91 Å². The van der Waals surface area contributed by atoms with Crippen LogP contribution in [0.3, 0.4) is 0 Å². The highest BCUT2D eigenvalue weighted by molar-refractivity contribution is 7.99. The van der Waals surface area contributed by atoms with Gasteiger partial charge < -0.3 is 10.6 Å². The number of para-hydroxylation sites is 1. The molecule has 5 nitrogen and oxygen atoms in total. The zero-order valence-electron chi connectivity index (χ0n) is 16.2. The fraction of sp³-hybridized carbons (Fsp3) is 0.500. The monoisotopic (exact) mass is 397 g/mol. The highest BCUT2D eigenvalue weighted by Gasteiger charge is 2.25. The van der Waals surface area contributed by atoms with Crippen LogP contribution >= 0.6 is 11.8 Å². The van der Waals surface area contributed by atoms with Gasteiger partial charge in [0.05, 0.1) is 21.9 Å². The van der Waals surface area contributed by atoms with Gasteiger partial charge in [-0.3, -0.25) is 9.59 Å². The Morgan fingerprint density at radius 2 is 1.89 bits per heavy atom. The van der Waals surface area contributed by atoms with Crippen LogP contribution in [0.25, 0.3) is 10.9 Å². The van der Waals surface area contributed by atoms with Gasteiger partial charge in [-0.1, -0.05) is 49.7 Å². The lowest BCUT2D eigenvalue weighted by Gasteiger charge is -2.29. The van der Waals surface area contributed by atoms with Gasteiger partial charge in [0.1, 0.15) is 0 Å². The zero-order valence-corrected chi connectivity index (χ0v) is 17.1. The average molecular weight is 398 g/mol. The molecule has 28 heavy (non-hydrogen) atoms. The van der Waals surface area contributed by atoms with Gasteiger partial charge in [0, 0.05) is 17.5 Å². The number of hydrogen-bond donors (Lipinski definition) is 2. The van der Waals surface area contributed by atoms with Crippen LogP contribution in [-0.4, -0.2) is 34.6 Å². The fourth-order valence-corrected chi connectivity index (χ4v) is 4.55.